The van der Waals surface area contributed by atoms with Crippen LogP contribution < -0.4 is 16.9 Å². The molecule has 0 radical (unpaired) electrons. The Balaban J connectivity index is 2.64. The van der Waals surface area contributed by atoms with E-state index in [1.807, 2.05) is 0 Å². The second kappa shape index (κ2) is 4.93. The van der Waals surface area contributed by atoms with Gasteiger partial charge in [-0.15, -0.1) is 5.10 Å². The molecule has 0 bridgehead atoms. The van der Waals surface area contributed by atoms with Crippen LogP contribution in [0, 0.1) is 0 Å². The number of nitrogens with two attached hydrogens (primary N) is 2. The highest BCUT2D eigenvalue weighted by molar-refractivity contribution is 6.35. The van der Waals surface area contributed by atoms with Gasteiger partial charge in [-0.1, -0.05) is 29.3 Å². The van der Waals surface area contributed by atoms with E-state index in [4.69, 9.17) is 34.7 Å². The second-order valence-corrected chi connectivity index (χ2v) is 3.45. The van der Waals surface area contributed by atoms with Gasteiger partial charge in [0.2, 0.25) is 5.96 Å². The van der Waals surface area contributed by atoms with E-state index >= 15 is 0 Å². The number of guanidine groups is 1. The molecule has 4 nitrogen and oxygen atoms in total. The summed E-state index contributed by atoms with van der Waals surface area (Å²) in [6, 6.07) is 5.22. The Morgan fingerprint density at radius 3 is 2.64 bits per heavy atom. The van der Waals surface area contributed by atoms with Crippen LogP contribution in [0.3, 0.4) is 0 Å². The summed E-state index contributed by atoms with van der Waals surface area (Å²) in [4.78, 5) is 0. The highest BCUT2D eigenvalue weighted by atomic mass is 35.5. The molecule has 0 aromatic heterocycles. The molecular formula is C8H10Cl2N4. The molecule has 6 heteroatoms. The molecule has 0 amide bonds. The first kappa shape index (κ1) is 10.9. The zero-order chi connectivity index (χ0) is 10.6. The number of benzene rings is 1. The van der Waals surface area contributed by atoms with Gasteiger partial charge >= 0.3 is 0 Å². The molecule has 1 aromatic rings. The predicted molar refractivity (Wildman–Crippen MR) is 59.1 cm³/mol. The van der Waals surface area contributed by atoms with Crippen molar-refractivity contribution < 1.29 is 0 Å². The molecule has 0 aliphatic heterocycles. The minimum absolute atomic E-state index is 0.0184. The van der Waals surface area contributed by atoms with E-state index in [-0.39, 0.29) is 5.96 Å². The fraction of sp³-hybridized carbons (Fsp3) is 0.125. The van der Waals surface area contributed by atoms with E-state index in [0.29, 0.717) is 16.6 Å². The van der Waals surface area contributed by atoms with Crippen molar-refractivity contribution >= 4 is 29.2 Å². The van der Waals surface area contributed by atoms with Crippen molar-refractivity contribution in [1.82, 2.24) is 5.43 Å². The lowest BCUT2D eigenvalue weighted by molar-refractivity contribution is 0.741. The quantitative estimate of drug-likeness (QED) is 0.418. The maximum absolute atomic E-state index is 5.91. The zero-order valence-electron chi connectivity index (χ0n) is 7.30. The molecule has 0 atom stereocenters. The molecule has 0 unspecified atom stereocenters. The Bertz CT molecular complexity index is 347. The number of nitrogens with one attached hydrogen (secondary N) is 1. The maximum atomic E-state index is 5.91. The van der Waals surface area contributed by atoms with E-state index in [0.717, 1.165) is 5.56 Å². The third-order valence-electron chi connectivity index (χ3n) is 1.49. The van der Waals surface area contributed by atoms with Gasteiger partial charge in [0.05, 0.1) is 6.54 Å². The zero-order valence-corrected chi connectivity index (χ0v) is 8.81. The van der Waals surface area contributed by atoms with E-state index in [1.54, 1.807) is 18.2 Å². The summed E-state index contributed by atoms with van der Waals surface area (Å²) in [5.74, 6) is -0.0184. The smallest absolute Gasteiger partial charge is 0.208 e. The summed E-state index contributed by atoms with van der Waals surface area (Å²) < 4.78 is 0. The summed E-state index contributed by atoms with van der Waals surface area (Å²) in [6.45, 7) is 0.452. The standard InChI is InChI=1S/C8H10Cl2N4/c9-6-2-1-5(7(10)3-6)4-13-14-8(11)12/h1-3,13H,4H2,(H4,11,12,14). The highest BCUT2D eigenvalue weighted by Crippen LogP contribution is 2.20. The highest BCUT2D eigenvalue weighted by Gasteiger charge is 1.99. The Morgan fingerprint density at radius 2 is 2.07 bits per heavy atom. The van der Waals surface area contributed by atoms with Crippen molar-refractivity contribution in [3.8, 4) is 0 Å². The summed E-state index contributed by atoms with van der Waals surface area (Å²) in [6.07, 6.45) is 0. The van der Waals surface area contributed by atoms with Crippen molar-refractivity contribution in [1.29, 1.82) is 0 Å². The average Bonchev–Trinajstić information content (AvgIpc) is 2.08. The molecule has 5 N–H and O–H groups in total. The molecule has 0 saturated carbocycles. The first-order chi connectivity index (χ1) is 6.59. The van der Waals surface area contributed by atoms with E-state index in [1.165, 1.54) is 0 Å². The molecule has 1 rings (SSSR count). The molecule has 0 heterocycles. The van der Waals surface area contributed by atoms with Gasteiger partial charge in [-0.2, -0.15) is 0 Å². The number of rotatable bonds is 3. The summed E-state index contributed by atoms with van der Waals surface area (Å²) in [5, 5.41) is 4.79. The van der Waals surface area contributed by atoms with Crippen molar-refractivity contribution in [2.45, 2.75) is 6.54 Å². The number of hydrogen-bond donors (Lipinski definition) is 3. The molecular weight excluding hydrogens is 223 g/mol. The molecule has 1 aromatic carbocycles. The van der Waals surface area contributed by atoms with Gasteiger partial charge in [0, 0.05) is 10.0 Å². The maximum Gasteiger partial charge on any atom is 0.208 e. The largest absolute Gasteiger partial charge is 0.369 e. The summed E-state index contributed by atoms with van der Waals surface area (Å²) in [7, 11) is 0. The minimum atomic E-state index is -0.0184. The van der Waals surface area contributed by atoms with Crippen LogP contribution in [0.2, 0.25) is 10.0 Å². The van der Waals surface area contributed by atoms with Crippen molar-refractivity contribution in [3.63, 3.8) is 0 Å². The van der Waals surface area contributed by atoms with Crippen LogP contribution in [-0.2, 0) is 6.54 Å². The van der Waals surface area contributed by atoms with Crippen LogP contribution in [0.5, 0.6) is 0 Å². The van der Waals surface area contributed by atoms with Crippen molar-refractivity contribution in [2.75, 3.05) is 0 Å². The first-order valence-corrected chi connectivity index (χ1v) is 4.60. The van der Waals surface area contributed by atoms with Crippen molar-refractivity contribution in [3.05, 3.63) is 33.8 Å². The van der Waals surface area contributed by atoms with Gasteiger partial charge in [-0.05, 0) is 17.7 Å². The summed E-state index contributed by atoms with van der Waals surface area (Å²) in [5.41, 5.74) is 13.8. The molecule has 0 spiro atoms. The third kappa shape index (κ3) is 3.32. The van der Waals surface area contributed by atoms with Crippen molar-refractivity contribution in [2.24, 2.45) is 16.6 Å². The summed E-state index contributed by atoms with van der Waals surface area (Å²) >= 11 is 11.6. The van der Waals surface area contributed by atoms with E-state index in [9.17, 15) is 0 Å². The van der Waals surface area contributed by atoms with Crippen LogP contribution in [-0.4, -0.2) is 5.96 Å². The molecule has 0 fully saturated rings. The fourth-order valence-corrected chi connectivity index (χ4v) is 1.36. The van der Waals surface area contributed by atoms with Gasteiger partial charge in [-0.3, -0.25) is 0 Å². The molecule has 76 valence electrons. The average molecular weight is 233 g/mol. The van der Waals surface area contributed by atoms with Crippen LogP contribution in [0.1, 0.15) is 5.56 Å². The van der Waals surface area contributed by atoms with Gasteiger partial charge in [0.15, 0.2) is 0 Å². The van der Waals surface area contributed by atoms with Gasteiger partial charge in [-0.25, -0.2) is 0 Å². The number of hydrogen-bond acceptors (Lipinski definition) is 2. The van der Waals surface area contributed by atoms with Crippen LogP contribution in [0.25, 0.3) is 0 Å². The monoisotopic (exact) mass is 232 g/mol. The Morgan fingerprint density at radius 1 is 1.36 bits per heavy atom. The second-order valence-electron chi connectivity index (χ2n) is 2.61. The van der Waals surface area contributed by atoms with Crippen LogP contribution in [0.4, 0.5) is 0 Å². The van der Waals surface area contributed by atoms with Gasteiger partial charge in [0.25, 0.3) is 0 Å². The topological polar surface area (TPSA) is 76.4 Å². The third-order valence-corrected chi connectivity index (χ3v) is 2.08. The first-order valence-electron chi connectivity index (χ1n) is 3.85. The molecule has 14 heavy (non-hydrogen) atoms. The molecule has 0 saturated heterocycles. The van der Waals surface area contributed by atoms with E-state index < -0.39 is 0 Å². The van der Waals surface area contributed by atoms with E-state index in [2.05, 4.69) is 10.5 Å². The minimum Gasteiger partial charge on any atom is -0.369 e. The SMILES string of the molecule is NC(N)=NNCc1ccc(Cl)cc1Cl. The number of nitrogens with zero attached hydrogens (tertiary/aromatic N) is 1. The van der Waals surface area contributed by atoms with Gasteiger partial charge in [0.1, 0.15) is 0 Å². The number of hydrazone groups is 1. The van der Waals surface area contributed by atoms with Gasteiger partial charge < -0.3 is 16.9 Å². The van der Waals surface area contributed by atoms with Crippen LogP contribution in [0.15, 0.2) is 23.3 Å². The predicted octanol–water partition coefficient (Wildman–Crippen LogP) is 1.27. The molecule has 0 aliphatic carbocycles. The Labute approximate surface area is 91.9 Å². The number of halogens is 2. The lowest BCUT2D eigenvalue weighted by atomic mass is 10.2. The molecule has 0 aliphatic rings. The van der Waals surface area contributed by atoms with Crippen LogP contribution >= 0.6 is 23.2 Å². The Hall–Kier alpha value is -1.13. The lowest BCUT2D eigenvalue weighted by Gasteiger charge is -2.04. The fourth-order valence-electron chi connectivity index (χ4n) is 0.881. The normalized spacial score (nSPS) is 9.57. The lowest BCUT2D eigenvalue weighted by Crippen LogP contribution is -2.26. The Kier molecular flexibility index (Phi) is 3.85.